The number of carbonyl (C=O) groups is 1. The van der Waals surface area contributed by atoms with Crippen molar-refractivity contribution in [2.75, 3.05) is 0 Å². The average molecular weight is 367 g/mol. The Labute approximate surface area is 158 Å². The summed E-state index contributed by atoms with van der Waals surface area (Å²) in [4.78, 5) is 12.1. The average Bonchev–Trinajstić information content (AvgIpc) is 3.22. The third kappa shape index (κ3) is 5.08. The molecule has 3 rings (SSSR count). The molecule has 0 radical (unpaired) electrons. The normalized spacial score (nSPS) is 11.6. The van der Waals surface area contributed by atoms with Crippen LogP contribution in [0.2, 0.25) is 0 Å². The number of benzene rings is 1. The van der Waals surface area contributed by atoms with Crippen molar-refractivity contribution in [2.45, 2.75) is 46.4 Å². The number of esters is 1. The van der Waals surface area contributed by atoms with Gasteiger partial charge in [0.1, 0.15) is 17.1 Å². The van der Waals surface area contributed by atoms with Crippen molar-refractivity contribution in [1.29, 1.82) is 0 Å². The number of nitrogens with one attached hydrogen (secondary N) is 2. The van der Waals surface area contributed by atoms with E-state index in [-0.39, 0.29) is 5.97 Å². The van der Waals surface area contributed by atoms with Gasteiger partial charge in [0, 0.05) is 18.7 Å². The third-order valence-electron chi connectivity index (χ3n) is 3.94. The maximum Gasteiger partial charge on any atom is 0.338 e. The molecule has 0 spiro atoms. The van der Waals surface area contributed by atoms with Crippen LogP contribution in [0.25, 0.3) is 11.5 Å². The molecule has 3 aromatic rings. The lowest BCUT2D eigenvalue weighted by Crippen LogP contribution is -2.23. The quantitative estimate of drug-likeness (QED) is 0.638. The topological polar surface area (TPSA) is 80.2 Å². The maximum absolute atomic E-state index is 12.1. The zero-order valence-corrected chi connectivity index (χ0v) is 16.1. The van der Waals surface area contributed by atoms with Crippen molar-refractivity contribution in [3.8, 4) is 11.5 Å². The molecule has 6 heteroatoms. The molecule has 0 fully saturated rings. The summed E-state index contributed by atoms with van der Waals surface area (Å²) in [5.41, 5.74) is 3.07. The van der Waals surface area contributed by atoms with E-state index in [2.05, 4.69) is 15.5 Å². The number of aromatic amines is 1. The highest BCUT2D eigenvalue weighted by Crippen LogP contribution is 2.23. The van der Waals surface area contributed by atoms with Crippen molar-refractivity contribution >= 4 is 5.97 Å². The van der Waals surface area contributed by atoms with Gasteiger partial charge < -0.3 is 14.5 Å². The molecule has 142 valence electrons. The van der Waals surface area contributed by atoms with Gasteiger partial charge in [-0.05, 0) is 57.5 Å². The molecule has 0 unspecified atom stereocenters. The highest BCUT2D eigenvalue weighted by atomic mass is 16.6. The SMILES string of the molecule is Cc1ccc(-c2[nH]ncc2CNCc2ccc(C(=O)OC(C)(C)C)cc2)o1. The van der Waals surface area contributed by atoms with Crippen molar-refractivity contribution in [1.82, 2.24) is 15.5 Å². The first-order valence-corrected chi connectivity index (χ1v) is 8.94. The van der Waals surface area contributed by atoms with E-state index >= 15 is 0 Å². The minimum Gasteiger partial charge on any atom is -0.460 e. The number of carbonyl (C=O) groups excluding carboxylic acids is 1. The van der Waals surface area contributed by atoms with Gasteiger partial charge in [-0.15, -0.1) is 0 Å². The number of hydrogen-bond acceptors (Lipinski definition) is 5. The standard InChI is InChI=1S/C21H25N3O3/c1-14-5-10-18(26-14)19-17(13-23-24-19)12-22-11-15-6-8-16(9-7-15)20(25)27-21(2,3)4/h5-10,13,22H,11-12H2,1-4H3,(H,23,24). The molecule has 2 heterocycles. The fourth-order valence-electron chi connectivity index (χ4n) is 2.66. The Balaban J connectivity index is 1.56. The number of aryl methyl sites for hydroxylation is 1. The van der Waals surface area contributed by atoms with Crippen LogP contribution in [0.4, 0.5) is 0 Å². The molecule has 2 aromatic heterocycles. The summed E-state index contributed by atoms with van der Waals surface area (Å²) in [6, 6.07) is 11.3. The number of hydrogen-bond donors (Lipinski definition) is 2. The Morgan fingerprint density at radius 2 is 1.89 bits per heavy atom. The Morgan fingerprint density at radius 3 is 2.52 bits per heavy atom. The zero-order chi connectivity index (χ0) is 19.4. The van der Waals surface area contributed by atoms with Crippen LogP contribution < -0.4 is 5.32 Å². The lowest BCUT2D eigenvalue weighted by atomic mass is 10.1. The van der Waals surface area contributed by atoms with Gasteiger partial charge in [0.2, 0.25) is 0 Å². The fourth-order valence-corrected chi connectivity index (χ4v) is 2.66. The van der Waals surface area contributed by atoms with Crippen molar-refractivity contribution in [3.63, 3.8) is 0 Å². The first kappa shape index (κ1) is 18.9. The van der Waals surface area contributed by atoms with Gasteiger partial charge in [-0.3, -0.25) is 5.10 Å². The van der Waals surface area contributed by atoms with E-state index in [0.717, 1.165) is 28.3 Å². The number of aromatic nitrogens is 2. The minimum absolute atomic E-state index is 0.307. The van der Waals surface area contributed by atoms with E-state index in [4.69, 9.17) is 9.15 Å². The van der Waals surface area contributed by atoms with Gasteiger partial charge in [-0.25, -0.2) is 4.79 Å². The van der Waals surface area contributed by atoms with Gasteiger partial charge in [0.05, 0.1) is 11.8 Å². The molecule has 0 bridgehead atoms. The molecule has 1 aromatic carbocycles. The predicted molar refractivity (Wildman–Crippen MR) is 103 cm³/mol. The van der Waals surface area contributed by atoms with Crippen LogP contribution in [-0.4, -0.2) is 21.8 Å². The lowest BCUT2D eigenvalue weighted by molar-refractivity contribution is 0.00695. The second-order valence-electron chi connectivity index (χ2n) is 7.48. The van der Waals surface area contributed by atoms with Gasteiger partial charge in [0.25, 0.3) is 0 Å². The maximum atomic E-state index is 12.1. The predicted octanol–water partition coefficient (Wildman–Crippen LogP) is 4.22. The van der Waals surface area contributed by atoms with E-state index in [1.165, 1.54) is 0 Å². The van der Waals surface area contributed by atoms with Crippen LogP contribution in [0.15, 0.2) is 47.0 Å². The largest absolute Gasteiger partial charge is 0.460 e. The molecule has 0 amide bonds. The summed E-state index contributed by atoms with van der Waals surface area (Å²) in [6.45, 7) is 8.82. The lowest BCUT2D eigenvalue weighted by Gasteiger charge is -2.19. The molecule has 6 nitrogen and oxygen atoms in total. The van der Waals surface area contributed by atoms with Crippen LogP contribution in [0.5, 0.6) is 0 Å². The van der Waals surface area contributed by atoms with E-state index < -0.39 is 5.60 Å². The molecule has 0 atom stereocenters. The van der Waals surface area contributed by atoms with Gasteiger partial charge in [-0.2, -0.15) is 5.10 Å². The molecule has 0 aliphatic rings. The van der Waals surface area contributed by atoms with Crippen LogP contribution >= 0.6 is 0 Å². The summed E-state index contributed by atoms with van der Waals surface area (Å²) in [6.07, 6.45) is 1.80. The summed E-state index contributed by atoms with van der Waals surface area (Å²) >= 11 is 0. The number of H-pyrrole nitrogens is 1. The Morgan fingerprint density at radius 1 is 1.15 bits per heavy atom. The summed E-state index contributed by atoms with van der Waals surface area (Å²) in [5.74, 6) is 1.34. The zero-order valence-electron chi connectivity index (χ0n) is 16.1. The Hall–Kier alpha value is -2.86. The summed E-state index contributed by atoms with van der Waals surface area (Å²) in [7, 11) is 0. The van der Waals surface area contributed by atoms with E-state index in [1.54, 1.807) is 18.3 Å². The van der Waals surface area contributed by atoms with Crippen molar-refractivity contribution < 1.29 is 13.9 Å². The van der Waals surface area contributed by atoms with Gasteiger partial charge >= 0.3 is 5.97 Å². The molecule has 2 N–H and O–H groups in total. The first-order valence-electron chi connectivity index (χ1n) is 8.94. The van der Waals surface area contributed by atoms with Gasteiger partial charge in [-0.1, -0.05) is 12.1 Å². The molecule has 27 heavy (non-hydrogen) atoms. The van der Waals surface area contributed by atoms with E-state index in [9.17, 15) is 4.79 Å². The van der Waals surface area contributed by atoms with Crippen molar-refractivity contribution in [2.24, 2.45) is 0 Å². The van der Waals surface area contributed by atoms with Crippen LogP contribution in [0.3, 0.4) is 0 Å². The molecule has 0 saturated heterocycles. The monoisotopic (exact) mass is 367 g/mol. The molecular weight excluding hydrogens is 342 g/mol. The van der Waals surface area contributed by atoms with Crippen LogP contribution in [0.1, 0.15) is 48.0 Å². The highest BCUT2D eigenvalue weighted by molar-refractivity contribution is 5.89. The second kappa shape index (κ2) is 7.80. The van der Waals surface area contributed by atoms with E-state index in [1.807, 2.05) is 52.0 Å². The summed E-state index contributed by atoms with van der Waals surface area (Å²) < 4.78 is 11.0. The summed E-state index contributed by atoms with van der Waals surface area (Å²) in [5, 5.41) is 10.5. The molecule has 0 aliphatic carbocycles. The smallest absolute Gasteiger partial charge is 0.338 e. The van der Waals surface area contributed by atoms with Crippen molar-refractivity contribution in [3.05, 3.63) is 65.0 Å². The van der Waals surface area contributed by atoms with Crippen LogP contribution in [-0.2, 0) is 17.8 Å². The fraction of sp³-hybridized carbons (Fsp3) is 0.333. The number of nitrogens with zero attached hydrogens (tertiary/aromatic N) is 1. The third-order valence-corrected chi connectivity index (χ3v) is 3.94. The Bertz CT molecular complexity index is 901. The minimum atomic E-state index is -0.494. The van der Waals surface area contributed by atoms with E-state index in [0.29, 0.717) is 18.7 Å². The highest BCUT2D eigenvalue weighted by Gasteiger charge is 2.17. The van der Waals surface area contributed by atoms with Gasteiger partial charge in [0.15, 0.2) is 5.76 Å². The molecule has 0 saturated carbocycles. The second-order valence-corrected chi connectivity index (χ2v) is 7.48. The molecular formula is C21H25N3O3. The Kier molecular flexibility index (Phi) is 5.46. The number of ether oxygens (including phenoxy) is 1. The first-order chi connectivity index (χ1) is 12.8. The van der Waals surface area contributed by atoms with Crippen LogP contribution in [0, 0.1) is 6.92 Å². The number of furan rings is 1. The molecule has 0 aliphatic heterocycles. The number of rotatable bonds is 6.